The Bertz CT molecular complexity index is 311. The van der Waals surface area contributed by atoms with E-state index in [1.807, 2.05) is 6.92 Å². The molecule has 0 aliphatic heterocycles. The SMILES string of the molecule is CCCCCC(C)OC(=O)c1ccncc1. The molecule has 0 saturated heterocycles. The maximum Gasteiger partial charge on any atom is 0.338 e. The third kappa shape index (κ3) is 4.43. The van der Waals surface area contributed by atoms with E-state index in [1.165, 1.54) is 12.8 Å². The zero-order valence-electron chi connectivity index (χ0n) is 9.98. The highest BCUT2D eigenvalue weighted by Gasteiger charge is 2.10. The van der Waals surface area contributed by atoms with Gasteiger partial charge in [0.2, 0.25) is 0 Å². The molecule has 0 fully saturated rings. The molecule has 1 rings (SSSR count). The fraction of sp³-hybridized carbons (Fsp3) is 0.538. The molecule has 16 heavy (non-hydrogen) atoms. The van der Waals surface area contributed by atoms with Crippen LogP contribution in [0.1, 0.15) is 49.9 Å². The summed E-state index contributed by atoms with van der Waals surface area (Å²) in [7, 11) is 0. The highest BCUT2D eigenvalue weighted by Crippen LogP contribution is 2.09. The maximum absolute atomic E-state index is 11.6. The molecule has 88 valence electrons. The molecule has 1 heterocycles. The van der Waals surface area contributed by atoms with Gasteiger partial charge < -0.3 is 4.74 Å². The van der Waals surface area contributed by atoms with Gasteiger partial charge in [-0.2, -0.15) is 0 Å². The topological polar surface area (TPSA) is 39.2 Å². The van der Waals surface area contributed by atoms with E-state index in [-0.39, 0.29) is 12.1 Å². The summed E-state index contributed by atoms with van der Waals surface area (Å²) < 4.78 is 5.32. The van der Waals surface area contributed by atoms with Crippen LogP contribution >= 0.6 is 0 Å². The summed E-state index contributed by atoms with van der Waals surface area (Å²) in [6.45, 7) is 4.10. The van der Waals surface area contributed by atoms with E-state index in [0.717, 1.165) is 12.8 Å². The quantitative estimate of drug-likeness (QED) is 0.547. The molecule has 0 N–H and O–H groups in total. The van der Waals surface area contributed by atoms with Crippen molar-refractivity contribution in [2.45, 2.75) is 45.6 Å². The Hall–Kier alpha value is -1.38. The molecular weight excluding hydrogens is 202 g/mol. The first kappa shape index (κ1) is 12.7. The molecule has 1 unspecified atom stereocenters. The molecule has 0 spiro atoms. The van der Waals surface area contributed by atoms with Crippen molar-refractivity contribution in [3.05, 3.63) is 30.1 Å². The second kappa shape index (κ2) is 6.99. The molecule has 1 atom stereocenters. The summed E-state index contributed by atoms with van der Waals surface area (Å²) in [5.74, 6) is -0.258. The van der Waals surface area contributed by atoms with Gasteiger partial charge in [0.05, 0.1) is 11.7 Å². The number of pyridine rings is 1. The highest BCUT2D eigenvalue weighted by molar-refractivity contribution is 5.89. The lowest BCUT2D eigenvalue weighted by molar-refractivity contribution is 0.0319. The summed E-state index contributed by atoms with van der Waals surface area (Å²) in [5.41, 5.74) is 0.567. The number of esters is 1. The Morgan fingerprint density at radius 2 is 2.06 bits per heavy atom. The van der Waals surface area contributed by atoms with Crippen LogP contribution in [0.2, 0.25) is 0 Å². The van der Waals surface area contributed by atoms with Crippen LogP contribution in [0.4, 0.5) is 0 Å². The molecule has 0 radical (unpaired) electrons. The first-order valence-electron chi connectivity index (χ1n) is 5.85. The molecule has 0 saturated carbocycles. The van der Waals surface area contributed by atoms with Crippen LogP contribution in [0.25, 0.3) is 0 Å². The van der Waals surface area contributed by atoms with Gasteiger partial charge in [-0.25, -0.2) is 4.79 Å². The molecule has 0 aliphatic carbocycles. The van der Waals surface area contributed by atoms with Gasteiger partial charge in [-0.3, -0.25) is 4.98 Å². The fourth-order valence-corrected chi connectivity index (χ4v) is 1.48. The van der Waals surface area contributed by atoms with Crippen LogP contribution in [0.5, 0.6) is 0 Å². The molecule has 0 aromatic carbocycles. The van der Waals surface area contributed by atoms with Crippen molar-refractivity contribution in [3.63, 3.8) is 0 Å². The zero-order chi connectivity index (χ0) is 11.8. The molecule has 0 aliphatic rings. The molecule has 0 amide bonds. The van der Waals surface area contributed by atoms with E-state index in [9.17, 15) is 4.79 Å². The minimum absolute atomic E-state index is 0.00721. The van der Waals surface area contributed by atoms with E-state index >= 15 is 0 Å². The number of rotatable bonds is 6. The average Bonchev–Trinajstić information content (AvgIpc) is 2.30. The van der Waals surface area contributed by atoms with Crippen molar-refractivity contribution in [1.29, 1.82) is 0 Å². The molecule has 3 heteroatoms. The number of carbonyl (C=O) groups excluding carboxylic acids is 1. The summed E-state index contributed by atoms with van der Waals surface area (Å²) in [6.07, 6.45) is 7.61. The average molecular weight is 221 g/mol. The first-order valence-corrected chi connectivity index (χ1v) is 5.85. The van der Waals surface area contributed by atoms with E-state index in [4.69, 9.17) is 4.74 Å². The molecule has 3 nitrogen and oxygen atoms in total. The Labute approximate surface area is 96.8 Å². The minimum Gasteiger partial charge on any atom is -0.459 e. The van der Waals surface area contributed by atoms with Crippen molar-refractivity contribution in [1.82, 2.24) is 4.98 Å². The zero-order valence-corrected chi connectivity index (χ0v) is 9.98. The van der Waals surface area contributed by atoms with Gasteiger partial charge in [-0.1, -0.05) is 19.8 Å². The van der Waals surface area contributed by atoms with E-state index in [2.05, 4.69) is 11.9 Å². The van der Waals surface area contributed by atoms with Crippen molar-refractivity contribution in [2.24, 2.45) is 0 Å². The van der Waals surface area contributed by atoms with Gasteiger partial charge in [0.25, 0.3) is 0 Å². The van der Waals surface area contributed by atoms with Gasteiger partial charge >= 0.3 is 5.97 Å². The Kier molecular flexibility index (Phi) is 5.54. The number of carbonyl (C=O) groups is 1. The Morgan fingerprint density at radius 1 is 1.38 bits per heavy atom. The highest BCUT2D eigenvalue weighted by atomic mass is 16.5. The summed E-state index contributed by atoms with van der Waals surface area (Å²) in [6, 6.07) is 3.34. The van der Waals surface area contributed by atoms with Crippen LogP contribution in [0.3, 0.4) is 0 Å². The van der Waals surface area contributed by atoms with Gasteiger partial charge in [-0.15, -0.1) is 0 Å². The number of hydrogen-bond acceptors (Lipinski definition) is 3. The molecular formula is C13H19NO2. The second-order valence-corrected chi connectivity index (χ2v) is 3.95. The number of aromatic nitrogens is 1. The smallest absolute Gasteiger partial charge is 0.338 e. The van der Waals surface area contributed by atoms with Gasteiger partial charge in [0.15, 0.2) is 0 Å². The van der Waals surface area contributed by atoms with Crippen LogP contribution in [-0.2, 0) is 4.74 Å². The standard InChI is InChI=1S/C13H19NO2/c1-3-4-5-6-11(2)16-13(15)12-7-9-14-10-8-12/h7-11H,3-6H2,1-2H3. The molecule has 0 bridgehead atoms. The summed E-state index contributed by atoms with van der Waals surface area (Å²) >= 11 is 0. The lowest BCUT2D eigenvalue weighted by Crippen LogP contribution is -2.14. The monoisotopic (exact) mass is 221 g/mol. The minimum atomic E-state index is -0.258. The summed E-state index contributed by atoms with van der Waals surface area (Å²) in [5, 5.41) is 0. The van der Waals surface area contributed by atoms with Crippen molar-refractivity contribution in [3.8, 4) is 0 Å². The Balaban J connectivity index is 2.34. The maximum atomic E-state index is 11.6. The first-order chi connectivity index (χ1) is 7.74. The Morgan fingerprint density at radius 3 is 2.69 bits per heavy atom. The van der Waals surface area contributed by atoms with E-state index in [0.29, 0.717) is 5.56 Å². The molecule has 1 aromatic rings. The van der Waals surface area contributed by atoms with Crippen molar-refractivity contribution < 1.29 is 9.53 Å². The second-order valence-electron chi connectivity index (χ2n) is 3.95. The largest absolute Gasteiger partial charge is 0.459 e. The fourth-order valence-electron chi connectivity index (χ4n) is 1.48. The predicted molar refractivity (Wildman–Crippen MR) is 63.3 cm³/mol. The number of unbranched alkanes of at least 4 members (excludes halogenated alkanes) is 2. The number of hydrogen-bond donors (Lipinski definition) is 0. The number of ether oxygens (including phenoxy) is 1. The van der Waals surface area contributed by atoms with Gasteiger partial charge in [0.1, 0.15) is 0 Å². The van der Waals surface area contributed by atoms with Crippen LogP contribution in [0.15, 0.2) is 24.5 Å². The van der Waals surface area contributed by atoms with Crippen LogP contribution < -0.4 is 0 Å². The lowest BCUT2D eigenvalue weighted by atomic mass is 10.1. The lowest BCUT2D eigenvalue weighted by Gasteiger charge is -2.12. The molecule has 1 aromatic heterocycles. The number of nitrogens with zero attached hydrogens (tertiary/aromatic N) is 1. The van der Waals surface area contributed by atoms with Crippen LogP contribution in [0, 0.1) is 0 Å². The van der Waals surface area contributed by atoms with Gasteiger partial charge in [0, 0.05) is 12.4 Å². The summed E-state index contributed by atoms with van der Waals surface area (Å²) in [4.78, 5) is 15.5. The third-order valence-corrected chi connectivity index (χ3v) is 2.44. The van der Waals surface area contributed by atoms with E-state index < -0.39 is 0 Å². The van der Waals surface area contributed by atoms with Gasteiger partial charge in [-0.05, 0) is 31.9 Å². The van der Waals surface area contributed by atoms with Crippen LogP contribution in [-0.4, -0.2) is 17.1 Å². The van der Waals surface area contributed by atoms with Crippen molar-refractivity contribution in [2.75, 3.05) is 0 Å². The predicted octanol–water partition coefficient (Wildman–Crippen LogP) is 3.21. The van der Waals surface area contributed by atoms with Crippen molar-refractivity contribution >= 4 is 5.97 Å². The van der Waals surface area contributed by atoms with E-state index in [1.54, 1.807) is 24.5 Å². The third-order valence-electron chi connectivity index (χ3n) is 2.44. The normalized spacial score (nSPS) is 12.1.